The van der Waals surface area contributed by atoms with Gasteiger partial charge in [-0.3, -0.25) is 5.10 Å². The van der Waals surface area contributed by atoms with E-state index < -0.39 is 0 Å². The molecule has 3 N–H and O–H groups in total. The molecule has 50 valence electrons. The predicted octanol–water partition coefficient (Wildman–Crippen LogP) is 0.540. The number of rotatable bonds is 0. The molecule has 0 amide bonds. The Bertz CT molecular complexity index is 351. The zero-order valence-electron chi connectivity index (χ0n) is 5.20. The van der Waals surface area contributed by atoms with Crippen LogP contribution in [0.4, 0.5) is 5.82 Å². The van der Waals surface area contributed by atoms with Gasteiger partial charge >= 0.3 is 0 Å². The van der Waals surface area contributed by atoms with E-state index in [0.29, 0.717) is 5.82 Å². The summed E-state index contributed by atoms with van der Waals surface area (Å²) in [4.78, 5) is 3.90. The van der Waals surface area contributed by atoms with Crippen LogP contribution in [0.5, 0.6) is 0 Å². The number of aromatic nitrogens is 3. The minimum absolute atomic E-state index is 0.511. The topological polar surface area (TPSA) is 67.6 Å². The zero-order chi connectivity index (χ0) is 6.97. The lowest BCUT2D eigenvalue weighted by atomic mass is 10.3. The highest BCUT2D eigenvalue weighted by molar-refractivity contribution is 5.78. The van der Waals surface area contributed by atoms with E-state index in [1.807, 2.05) is 0 Å². The predicted molar refractivity (Wildman–Crippen MR) is 38.3 cm³/mol. The van der Waals surface area contributed by atoms with E-state index in [-0.39, 0.29) is 0 Å². The summed E-state index contributed by atoms with van der Waals surface area (Å²) in [6.45, 7) is 0. The fourth-order valence-electron chi connectivity index (χ4n) is 0.853. The molecule has 0 spiro atoms. The summed E-state index contributed by atoms with van der Waals surface area (Å²) >= 11 is 0. The number of anilines is 1. The van der Waals surface area contributed by atoms with Crippen LogP contribution in [0.2, 0.25) is 0 Å². The normalized spacial score (nSPS) is 10.4. The number of hydrogen-bond donors (Lipinski definition) is 2. The van der Waals surface area contributed by atoms with Crippen LogP contribution >= 0.6 is 0 Å². The molecule has 2 aromatic heterocycles. The fraction of sp³-hybridized carbons (Fsp3) is 0. The molecule has 0 fully saturated rings. The van der Waals surface area contributed by atoms with Gasteiger partial charge in [-0.2, -0.15) is 5.10 Å². The van der Waals surface area contributed by atoms with Gasteiger partial charge in [0.15, 0.2) is 0 Å². The van der Waals surface area contributed by atoms with Gasteiger partial charge in [0.1, 0.15) is 5.82 Å². The van der Waals surface area contributed by atoms with Crippen molar-refractivity contribution in [2.45, 2.75) is 0 Å². The summed E-state index contributed by atoms with van der Waals surface area (Å²) in [6, 6.07) is 1.75. The minimum Gasteiger partial charge on any atom is -0.384 e. The smallest absolute Gasteiger partial charge is 0.125 e. The maximum absolute atomic E-state index is 5.42. The lowest BCUT2D eigenvalue weighted by Gasteiger charge is -1.88. The number of nitrogens with two attached hydrogens (primary N) is 1. The number of nitrogens with one attached hydrogen (secondary N) is 1. The Kier molecular flexibility index (Phi) is 0.887. The number of hydrogen-bond acceptors (Lipinski definition) is 3. The highest BCUT2D eigenvalue weighted by Gasteiger charge is 1.93. The van der Waals surface area contributed by atoms with Crippen molar-refractivity contribution in [3.05, 3.63) is 18.5 Å². The first-order valence-electron chi connectivity index (χ1n) is 2.91. The van der Waals surface area contributed by atoms with Crippen LogP contribution < -0.4 is 5.73 Å². The number of nitrogens with zero attached hydrogens (tertiary/aromatic N) is 2. The Morgan fingerprint density at radius 1 is 1.40 bits per heavy atom. The second kappa shape index (κ2) is 1.70. The van der Waals surface area contributed by atoms with Gasteiger partial charge in [-0.15, -0.1) is 0 Å². The van der Waals surface area contributed by atoms with Crippen molar-refractivity contribution in [3.8, 4) is 0 Å². The van der Waals surface area contributed by atoms with E-state index in [0.717, 1.165) is 10.9 Å². The monoisotopic (exact) mass is 134 g/mol. The Morgan fingerprint density at radius 2 is 2.30 bits per heavy atom. The van der Waals surface area contributed by atoms with Gasteiger partial charge in [0, 0.05) is 17.6 Å². The third-order valence-electron chi connectivity index (χ3n) is 1.34. The largest absolute Gasteiger partial charge is 0.384 e. The van der Waals surface area contributed by atoms with Crippen molar-refractivity contribution >= 4 is 16.7 Å². The quantitative estimate of drug-likeness (QED) is 0.552. The zero-order valence-corrected chi connectivity index (χ0v) is 5.20. The lowest BCUT2D eigenvalue weighted by molar-refractivity contribution is 1.12. The number of fused-ring (bicyclic) bond motifs is 1. The van der Waals surface area contributed by atoms with Gasteiger partial charge in [0.05, 0.1) is 11.7 Å². The lowest BCUT2D eigenvalue weighted by Crippen LogP contribution is -1.87. The van der Waals surface area contributed by atoms with Crippen LogP contribution in [-0.4, -0.2) is 15.2 Å². The molecule has 2 rings (SSSR count). The van der Waals surface area contributed by atoms with Gasteiger partial charge in [-0.05, 0) is 0 Å². The molecule has 0 aliphatic rings. The Hall–Kier alpha value is -1.58. The summed E-state index contributed by atoms with van der Waals surface area (Å²) in [5, 5.41) is 7.59. The third kappa shape index (κ3) is 0.621. The van der Waals surface area contributed by atoms with Crippen LogP contribution in [0.3, 0.4) is 0 Å². The molecule has 0 aromatic carbocycles. The van der Waals surface area contributed by atoms with Crippen molar-refractivity contribution in [1.82, 2.24) is 15.2 Å². The first-order chi connectivity index (χ1) is 4.86. The molecule has 2 aromatic rings. The van der Waals surface area contributed by atoms with Crippen molar-refractivity contribution in [2.75, 3.05) is 5.73 Å². The molecule has 0 unspecified atom stereocenters. The maximum Gasteiger partial charge on any atom is 0.125 e. The summed E-state index contributed by atoms with van der Waals surface area (Å²) in [7, 11) is 0. The number of aromatic amines is 1. The van der Waals surface area contributed by atoms with E-state index in [1.165, 1.54) is 0 Å². The van der Waals surface area contributed by atoms with Gasteiger partial charge in [-0.25, -0.2) is 4.98 Å². The van der Waals surface area contributed by atoms with E-state index >= 15 is 0 Å². The molecule has 10 heavy (non-hydrogen) atoms. The molecule has 2 heterocycles. The Balaban J connectivity index is 2.86. The van der Waals surface area contributed by atoms with Crippen molar-refractivity contribution in [1.29, 1.82) is 0 Å². The van der Waals surface area contributed by atoms with Crippen molar-refractivity contribution < 1.29 is 0 Å². The highest BCUT2D eigenvalue weighted by Crippen LogP contribution is 2.09. The van der Waals surface area contributed by atoms with E-state index in [9.17, 15) is 0 Å². The number of H-pyrrole nitrogens is 1. The average molecular weight is 134 g/mol. The van der Waals surface area contributed by atoms with Gasteiger partial charge in [0.2, 0.25) is 0 Å². The summed E-state index contributed by atoms with van der Waals surface area (Å²) < 4.78 is 0. The first kappa shape index (κ1) is 5.22. The van der Waals surface area contributed by atoms with Gasteiger partial charge in [-0.1, -0.05) is 0 Å². The van der Waals surface area contributed by atoms with Gasteiger partial charge in [0.25, 0.3) is 0 Å². The van der Waals surface area contributed by atoms with Crippen LogP contribution in [0.25, 0.3) is 10.9 Å². The maximum atomic E-state index is 5.42. The molecular formula is C6H6N4. The molecule has 4 nitrogen and oxygen atoms in total. The van der Waals surface area contributed by atoms with E-state index in [1.54, 1.807) is 18.5 Å². The number of pyridine rings is 1. The second-order valence-corrected chi connectivity index (χ2v) is 2.07. The number of nitrogen functional groups attached to an aromatic ring is 1. The SMILES string of the molecule is Nc1cc2[nH]ncc2cn1. The molecule has 0 saturated heterocycles. The van der Waals surface area contributed by atoms with Gasteiger partial charge < -0.3 is 5.73 Å². The Labute approximate surface area is 57.1 Å². The highest BCUT2D eigenvalue weighted by atomic mass is 15.1. The summed E-state index contributed by atoms with van der Waals surface area (Å²) in [6.07, 6.45) is 3.40. The minimum atomic E-state index is 0.511. The molecule has 0 atom stereocenters. The Morgan fingerprint density at radius 3 is 3.20 bits per heavy atom. The average Bonchev–Trinajstić information content (AvgIpc) is 2.33. The van der Waals surface area contributed by atoms with Crippen molar-refractivity contribution in [3.63, 3.8) is 0 Å². The fourth-order valence-corrected chi connectivity index (χ4v) is 0.853. The third-order valence-corrected chi connectivity index (χ3v) is 1.34. The standard InChI is InChI=1S/C6H6N4/c7-6-1-5-4(2-8-6)3-9-10-5/h1-3H,(H2,7,8)(H,9,10). The molecule has 0 aliphatic heterocycles. The molecule has 0 bridgehead atoms. The second-order valence-electron chi connectivity index (χ2n) is 2.07. The molecular weight excluding hydrogens is 128 g/mol. The molecule has 0 saturated carbocycles. The van der Waals surface area contributed by atoms with Crippen molar-refractivity contribution in [2.24, 2.45) is 0 Å². The van der Waals surface area contributed by atoms with Crippen LogP contribution in [0.15, 0.2) is 18.5 Å². The van der Waals surface area contributed by atoms with Crippen LogP contribution in [0.1, 0.15) is 0 Å². The molecule has 4 heteroatoms. The van der Waals surface area contributed by atoms with Crippen LogP contribution in [-0.2, 0) is 0 Å². The molecule has 0 radical (unpaired) electrons. The summed E-state index contributed by atoms with van der Waals surface area (Å²) in [5.41, 5.74) is 6.35. The van der Waals surface area contributed by atoms with E-state index in [4.69, 9.17) is 5.73 Å². The first-order valence-corrected chi connectivity index (χ1v) is 2.91. The molecule has 0 aliphatic carbocycles. The van der Waals surface area contributed by atoms with Crippen LogP contribution in [0, 0.1) is 0 Å². The van der Waals surface area contributed by atoms with E-state index in [2.05, 4.69) is 15.2 Å². The summed E-state index contributed by atoms with van der Waals surface area (Å²) in [5.74, 6) is 0.511.